The standard InChI is InChI=1S/C29H26N4O5/c1-3-36-25(34)17-30-29(35)26-27(37-18-20-10-6-4-7-11-20)23-15-14-22(38-21-12-8-5-9-13-21)16-24(23)28-31-19(2)32-33(26)28/h4-16H,3,17-18H2,1-2H3,(H,30,35). The molecule has 0 radical (unpaired) electrons. The quantitative estimate of drug-likeness (QED) is 0.283. The van der Waals surface area contributed by atoms with Crippen LogP contribution in [0.2, 0.25) is 0 Å². The van der Waals surface area contributed by atoms with Crippen LogP contribution >= 0.6 is 0 Å². The van der Waals surface area contributed by atoms with E-state index in [1.807, 2.05) is 78.9 Å². The fraction of sp³-hybridized carbons (Fsp3) is 0.172. The molecule has 0 fully saturated rings. The van der Waals surface area contributed by atoms with Crippen molar-refractivity contribution in [1.29, 1.82) is 0 Å². The van der Waals surface area contributed by atoms with Crippen molar-refractivity contribution in [3.63, 3.8) is 0 Å². The molecule has 5 aromatic rings. The Hall–Kier alpha value is -4.92. The molecule has 0 aliphatic carbocycles. The summed E-state index contributed by atoms with van der Waals surface area (Å²) in [7, 11) is 0. The van der Waals surface area contributed by atoms with Crippen LogP contribution in [0.1, 0.15) is 28.8 Å². The first-order valence-electron chi connectivity index (χ1n) is 12.2. The summed E-state index contributed by atoms with van der Waals surface area (Å²) in [5.74, 6) is 0.995. The lowest BCUT2D eigenvalue weighted by Crippen LogP contribution is -2.32. The zero-order chi connectivity index (χ0) is 26.5. The highest BCUT2D eigenvalue weighted by Gasteiger charge is 2.25. The molecule has 0 atom stereocenters. The molecule has 0 spiro atoms. The van der Waals surface area contributed by atoms with Crippen LogP contribution in [-0.2, 0) is 16.1 Å². The molecular formula is C29H26N4O5. The average molecular weight is 511 g/mol. The molecule has 1 amide bonds. The van der Waals surface area contributed by atoms with Gasteiger partial charge < -0.3 is 19.5 Å². The summed E-state index contributed by atoms with van der Waals surface area (Å²) < 4.78 is 18.7. The van der Waals surface area contributed by atoms with Gasteiger partial charge >= 0.3 is 5.97 Å². The lowest BCUT2D eigenvalue weighted by Gasteiger charge is -2.17. The molecule has 2 heterocycles. The van der Waals surface area contributed by atoms with Gasteiger partial charge in [-0.3, -0.25) is 9.59 Å². The van der Waals surface area contributed by atoms with Gasteiger partial charge in [0.05, 0.1) is 6.61 Å². The summed E-state index contributed by atoms with van der Waals surface area (Å²) in [6.45, 7) is 3.59. The van der Waals surface area contributed by atoms with Crippen molar-refractivity contribution < 1.29 is 23.8 Å². The van der Waals surface area contributed by atoms with E-state index in [2.05, 4.69) is 15.4 Å². The molecule has 1 N–H and O–H groups in total. The van der Waals surface area contributed by atoms with Gasteiger partial charge in [-0.05, 0) is 49.7 Å². The zero-order valence-electron chi connectivity index (χ0n) is 21.0. The Labute approximate surface area is 219 Å². The highest BCUT2D eigenvalue weighted by molar-refractivity contribution is 6.07. The van der Waals surface area contributed by atoms with Gasteiger partial charge in [0.15, 0.2) is 17.1 Å². The van der Waals surface area contributed by atoms with E-state index in [1.165, 1.54) is 4.52 Å². The lowest BCUT2D eigenvalue weighted by atomic mass is 10.1. The lowest BCUT2D eigenvalue weighted by molar-refractivity contribution is -0.141. The number of amides is 1. The first-order chi connectivity index (χ1) is 18.5. The van der Waals surface area contributed by atoms with Gasteiger partial charge in [0.1, 0.15) is 30.5 Å². The topological polar surface area (TPSA) is 104 Å². The second-order valence-electron chi connectivity index (χ2n) is 8.46. The van der Waals surface area contributed by atoms with E-state index in [0.29, 0.717) is 39.5 Å². The van der Waals surface area contributed by atoms with Crippen molar-refractivity contribution >= 4 is 28.3 Å². The predicted molar refractivity (Wildman–Crippen MR) is 141 cm³/mol. The minimum absolute atomic E-state index is 0.130. The molecule has 0 saturated heterocycles. The number of benzene rings is 3. The molecule has 38 heavy (non-hydrogen) atoms. The average Bonchev–Trinajstić information content (AvgIpc) is 3.32. The van der Waals surface area contributed by atoms with Gasteiger partial charge in [0.2, 0.25) is 0 Å². The van der Waals surface area contributed by atoms with Crippen LogP contribution in [0.4, 0.5) is 0 Å². The van der Waals surface area contributed by atoms with Crippen LogP contribution in [0, 0.1) is 6.92 Å². The largest absolute Gasteiger partial charge is 0.486 e. The Morgan fingerprint density at radius 2 is 1.66 bits per heavy atom. The van der Waals surface area contributed by atoms with Gasteiger partial charge in [-0.15, -0.1) is 0 Å². The van der Waals surface area contributed by atoms with E-state index < -0.39 is 11.9 Å². The molecule has 9 nitrogen and oxygen atoms in total. The van der Waals surface area contributed by atoms with Crippen LogP contribution in [-0.4, -0.2) is 39.6 Å². The van der Waals surface area contributed by atoms with Crippen molar-refractivity contribution in [2.75, 3.05) is 13.2 Å². The SMILES string of the molecule is CCOC(=O)CNC(=O)c1c(OCc2ccccc2)c2ccc(Oc3ccccc3)cc2c2nc(C)nn12. The fourth-order valence-electron chi connectivity index (χ4n) is 4.09. The number of carbonyl (C=O) groups is 2. The number of nitrogens with zero attached hydrogens (tertiary/aromatic N) is 3. The van der Waals surface area contributed by atoms with E-state index in [4.69, 9.17) is 14.2 Å². The Kier molecular flexibility index (Phi) is 7.17. The molecule has 0 aliphatic rings. The highest BCUT2D eigenvalue weighted by Crippen LogP contribution is 2.36. The minimum atomic E-state index is -0.540. The summed E-state index contributed by atoms with van der Waals surface area (Å²) in [5, 5.41) is 8.46. The molecule has 0 saturated carbocycles. The number of carbonyl (C=O) groups excluding carboxylic acids is 2. The van der Waals surface area contributed by atoms with Crippen molar-refractivity contribution in [2.24, 2.45) is 0 Å². The van der Waals surface area contributed by atoms with Crippen molar-refractivity contribution in [2.45, 2.75) is 20.5 Å². The monoisotopic (exact) mass is 510 g/mol. The minimum Gasteiger partial charge on any atom is -0.486 e. The van der Waals surface area contributed by atoms with Crippen LogP contribution < -0.4 is 14.8 Å². The van der Waals surface area contributed by atoms with Crippen LogP contribution in [0.25, 0.3) is 16.4 Å². The zero-order valence-corrected chi connectivity index (χ0v) is 21.0. The Morgan fingerprint density at radius 1 is 0.921 bits per heavy atom. The molecule has 2 aromatic heterocycles. The molecule has 0 aliphatic heterocycles. The highest BCUT2D eigenvalue weighted by atomic mass is 16.5. The number of aromatic nitrogens is 3. The summed E-state index contributed by atoms with van der Waals surface area (Å²) in [5.41, 5.74) is 1.52. The summed E-state index contributed by atoms with van der Waals surface area (Å²) in [6, 6.07) is 24.6. The maximum absolute atomic E-state index is 13.4. The fourth-order valence-corrected chi connectivity index (χ4v) is 4.09. The third kappa shape index (κ3) is 5.27. The molecule has 5 rings (SSSR count). The number of hydrogen-bond donors (Lipinski definition) is 1. The predicted octanol–water partition coefficient (Wildman–Crippen LogP) is 4.86. The first kappa shape index (κ1) is 24.8. The van der Waals surface area contributed by atoms with Gasteiger partial charge in [0, 0.05) is 10.8 Å². The molecule has 0 bridgehead atoms. The van der Waals surface area contributed by atoms with Crippen LogP contribution in [0.5, 0.6) is 17.2 Å². The Balaban J connectivity index is 1.63. The molecule has 192 valence electrons. The smallest absolute Gasteiger partial charge is 0.325 e. The summed E-state index contributed by atoms with van der Waals surface area (Å²) in [4.78, 5) is 30.0. The number of ether oxygens (including phenoxy) is 3. The number of hydrogen-bond acceptors (Lipinski definition) is 7. The molecule has 3 aromatic carbocycles. The number of nitrogens with one attached hydrogen (secondary N) is 1. The van der Waals surface area contributed by atoms with Crippen molar-refractivity contribution in [1.82, 2.24) is 19.9 Å². The second kappa shape index (κ2) is 11.0. The van der Waals surface area contributed by atoms with Crippen molar-refractivity contribution in [3.8, 4) is 17.2 Å². The van der Waals surface area contributed by atoms with E-state index in [1.54, 1.807) is 13.8 Å². The van der Waals surface area contributed by atoms with Crippen LogP contribution in [0.3, 0.4) is 0 Å². The van der Waals surface area contributed by atoms with Crippen LogP contribution in [0.15, 0.2) is 78.9 Å². The van der Waals surface area contributed by atoms with Gasteiger partial charge in [-0.1, -0.05) is 48.5 Å². The van der Waals surface area contributed by atoms with Crippen molar-refractivity contribution in [3.05, 3.63) is 95.9 Å². The summed E-state index contributed by atoms with van der Waals surface area (Å²) >= 11 is 0. The third-order valence-corrected chi connectivity index (χ3v) is 5.74. The normalized spacial score (nSPS) is 10.9. The second-order valence-corrected chi connectivity index (χ2v) is 8.46. The number of rotatable bonds is 9. The van der Waals surface area contributed by atoms with E-state index in [0.717, 1.165) is 5.56 Å². The third-order valence-electron chi connectivity index (χ3n) is 5.74. The Bertz CT molecular complexity index is 1600. The Morgan fingerprint density at radius 3 is 2.39 bits per heavy atom. The first-order valence-corrected chi connectivity index (χ1v) is 12.2. The maximum Gasteiger partial charge on any atom is 0.325 e. The number of fused-ring (bicyclic) bond motifs is 3. The molecule has 9 heteroatoms. The number of aryl methyl sites for hydroxylation is 1. The number of para-hydroxylation sites is 1. The number of pyridine rings is 1. The van der Waals surface area contributed by atoms with Gasteiger partial charge in [-0.25, -0.2) is 9.50 Å². The van der Waals surface area contributed by atoms with E-state index in [9.17, 15) is 9.59 Å². The van der Waals surface area contributed by atoms with Gasteiger partial charge in [-0.2, -0.15) is 5.10 Å². The summed E-state index contributed by atoms with van der Waals surface area (Å²) in [6.07, 6.45) is 0. The van der Waals surface area contributed by atoms with E-state index in [-0.39, 0.29) is 25.5 Å². The van der Waals surface area contributed by atoms with E-state index >= 15 is 0 Å². The molecular weight excluding hydrogens is 484 g/mol. The maximum atomic E-state index is 13.4. The number of esters is 1. The molecule has 0 unspecified atom stereocenters. The van der Waals surface area contributed by atoms with Gasteiger partial charge in [0.25, 0.3) is 5.91 Å².